The first-order valence-electron chi connectivity index (χ1n) is 17.8. The Kier molecular flexibility index (Phi) is 7.18. The number of para-hydroxylation sites is 1. The maximum absolute atomic E-state index is 6.58. The molecule has 0 aliphatic rings. The van der Waals surface area contributed by atoms with Crippen LogP contribution in [0.1, 0.15) is 0 Å². The van der Waals surface area contributed by atoms with Gasteiger partial charge >= 0.3 is 0 Å². The van der Waals surface area contributed by atoms with Gasteiger partial charge in [-0.2, -0.15) is 0 Å². The highest BCUT2D eigenvalue weighted by Crippen LogP contribution is 2.43. The van der Waals surface area contributed by atoms with Crippen LogP contribution in [0.15, 0.2) is 205 Å². The van der Waals surface area contributed by atoms with E-state index < -0.39 is 0 Å². The molecule has 0 spiro atoms. The van der Waals surface area contributed by atoms with E-state index in [9.17, 15) is 0 Å². The maximum Gasteiger partial charge on any atom is 0.143 e. The molecule has 0 N–H and O–H groups in total. The summed E-state index contributed by atoms with van der Waals surface area (Å²) in [6, 6.07) is 71.6. The van der Waals surface area contributed by atoms with Crippen molar-refractivity contribution in [3.63, 3.8) is 0 Å². The van der Waals surface area contributed by atoms with Gasteiger partial charge in [0.05, 0.1) is 0 Å². The van der Waals surface area contributed by atoms with E-state index in [0.717, 1.165) is 61.3 Å². The van der Waals surface area contributed by atoms with E-state index in [2.05, 4.69) is 199 Å². The molecule has 0 saturated carbocycles. The minimum absolute atomic E-state index is 0.896. The lowest BCUT2D eigenvalue weighted by Gasteiger charge is -2.26. The molecule has 0 aliphatic heterocycles. The summed E-state index contributed by atoms with van der Waals surface area (Å²) in [4.78, 5) is 2.36. The zero-order valence-electron chi connectivity index (χ0n) is 28.4. The predicted octanol–water partition coefficient (Wildman–Crippen LogP) is 14.4. The zero-order chi connectivity index (χ0) is 34.4. The lowest BCUT2D eigenvalue weighted by Crippen LogP contribution is -2.09. The summed E-state index contributed by atoms with van der Waals surface area (Å²) in [7, 11) is 0. The fourth-order valence-corrected chi connectivity index (χ4v) is 7.71. The average Bonchev–Trinajstić information content (AvgIpc) is 3.62. The third-order valence-corrected chi connectivity index (χ3v) is 10.3. The first kappa shape index (κ1) is 30.0. The molecule has 0 amide bonds. The molecule has 2 heteroatoms. The first-order chi connectivity index (χ1) is 25.8. The van der Waals surface area contributed by atoms with Gasteiger partial charge in [-0.1, -0.05) is 152 Å². The Bertz CT molecular complexity index is 2870. The molecule has 244 valence electrons. The van der Waals surface area contributed by atoms with Crippen LogP contribution in [0.25, 0.3) is 76.9 Å². The maximum atomic E-state index is 6.58. The Hall–Kier alpha value is -6.90. The van der Waals surface area contributed by atoms with Crippen molar-refractivity contribution in [2.75, 3.05) is 4.90 Å². The number of fused-ring (bicyclic) bond motifs is 6. The van der Waals surface area contributed by atoms with Crippen molar-refractivity contribution in [1.82, 2.24) is 0 Å². The van der Waals surface area contributed by atoms with Crippen molar-refractivity contribution in [3.8, 4) is 33.4 Å². The van der Waals surface area contributed by atoms with Gasteiger partial charge < -0.3 is 9.32 Å². The third-order valence-electron chi connectivity index (χ3n) is 10.3. The lowest BCUT2D eigenvalue weighted by molar-refractivity contribution is 0.670. The Morgan fingerprint density at radius 3 is 1.56 bits per heavy atom. The molecule has 0 aliphatic carbocycles. The standard InChI is InChI=1S/C50H33NO/c1-3-11-34(12-4-1)35-21-26-40(27-22-35)51(42-30-25-39-20-19-37-15-7-8-16-43(37)47(39)33-42)41-28-23-38(24-29-41)44-31-32-45(36-13-5-2-6-14-36)50-49(44)46-17-9-10-18-48(46)52-50/h1-33H. The van der Waals surface area contributed by atoms with Crippen LogP contribution in [-0.4, -0.2) is 0 Å². The zero-order valence-corrected chi connectivity index (χ0v) is 28.4. The molecular weight excluding hydrogens is 631 g/mol. The fraction of sp³-hybridized carbons (Fsp3) is 0. The number of hydrogen-bond acceptors (Lipinski definition) is 2. The Labute approximate surface area is 302 Å². The van der Waals surface area contributed by atoms with Gasteiger partial charge in [-0.3, -0.25) is 0 Å². The van der Waals surface area contributed by atoms with Gasteiger partial charge in [0.1, 0.15) is 11.2 Å². The van der Waals surface area contributed by atoms with Gasteiger partial charge in [0.25, 0.3) is 0 Å². The normalized spacial score (nSPS) is 11.5. The summed E-state index contributed by atoms with van der Waals surface area (Å²) in [6.07, 6.45) is 0. The summed E-state index contributed by atoms with van der Waals surface area (Å²) in [5, 5.41) is 7.23. The summed E-state index contributed by atoms with van der Waals surface area (Å²) in [5.41, 5.74) is 12.0. The molecule has 9 aromatic carbocycles. The minimum Gasteiger partial charge on any atom is -0.455 e. The predicted molar refractivity (Wildman–Crippen MR) is 220 cm³/mol. The molecule has 52 heavy (non-hydrogen) atoms. The lowest BCUT2D eigenvalue weighted by atomic mass is 9.94. The molecule has 10 rings (SSSR count). The van der Waals surface area contributed by atoms with Crippen molar-refractivity contribution in [1.29, 1.82) is 0 Å². The number of nitrogens with zero attached hydrogens (tertiary/aromatic N) is 1. The molecular formula is C50H33NO. The second kappa shape index (κ2) is 12.5. The van der Waals surface area contributed by atoms with Crippen molar-refractivity contribution in [2.24, 2.45) is 0 Å². The van der Waals surface area contributed by atoms with Crippen LogP contribution in [0, 0.1) is 0 Å². The summed E-state index contributed by atoms with van der Waals surface area (Å²) >= 11 is 0. The van der Waals surface area contributed by atoms with Crippen LogP contribution in [0.3, 0.4) is 0 Å². The summed E-state index contributed by atoms with van der Waals surface area (Å²) < 4.78 is 6.58. The van der Waals surface area contributed by atoms with E-state index >= 15 is 0 Å². The molecule has 1 heterocycles. The molecule has 0 radical (unpaired) electrons. The van der Waals surface area contributed by atoms with E-state index in [-0.39, 0.29) is 0 Å². The van der Waals surface area contributed by atoms with E-state index in [1.54, 1.807) is 0 Å². The second-order valence-electron chi connectivity index (χ2n) is 13.3. The van der Waals surface area contributed by atoms with Crippen LogP contribution in [0.4, 0.5) is 17.1 Å². The Balaban J connectivity index is 1.12. The van der Waals surface area contributed by atoms with E-state index in [4.69, 9.17) is 4.42 Å². The smallest absolute Gasteiger partial charge is 0.143 e. The molecule has 0 saturated heterocycles. The van der Waals surface area contributed by atoms with Crippen LogP contribution in [0.5, 0.6) is 0 Å². The molecule has 0 unspecified atom stereocenters. The van der Waals surface area contributed by atoms with Crippen LogP contribution in [-0.2, 0) is 0 Å². The molecule has 10 aromatic rings. The Morgan fingerprint density at radius 2 is 0.827 bits per heavy atom. The van der Waals surface area contributed by atoms with Crippen LogP contribution >= 0.6 is 0 Å². The number of hydrogen-bond donors (Lipinski definition) is 0. The SMILES string of the molecule is c1ccc(-c2ccc(N(c3ccc(-c4ccc(-c5ccccc5)c5oc6ccccc6c45)cc3)c3ccc4ccc5ccccc5c4c3)cc2)cc1. The van der Waals surface area contributed by atoms with E-state index in [1.165, 1.54) is 32.7 Å². The molecule has 0 atom stereocenters. The average molecular weight is 664 g/mol. The minimum atomic E-state index is 0.896. The van der Waals surface area contributed by atoms with Crippen molar-refractivity contribution >= 4 is 60.5 Å². The molecule has 0 fully saturated rings. The first-order valence-corrected chi connectivity index (χ1v) is 17.8. The highest BCUT2D eigenvalue weighted by Gasteiger charge is 2.19. The second-order valence-corrected chi connectivity index (χ2v) is 13.3. The van der Waals surface area contributed by atoms with E-state index in [1.807, 2.05) is 6.07 Å². The van der Waals surface area contributed by atoms with Crippen molar-refractivity contribution < 1.29 is 4.42 Å². The number of furan rings is 1. The summed E-state index contributed by atoms with van der Waals surface area (Å²) in [5.74, 6) is 0. The van der Waals surface area contributed by atoms with Crippen molar-refractivity contribution in [2.45, 2.75) is 0 Å². The van der Waals surface area contributed by atoms with Gasteiger partial charge in [-0.15, -0.1) is 0 Å². The van der Waals surface area contributed by atoms with Gasteiger partial charge in [0.15, 0.2) is 0 Å². The van der Waals surface area contributed by atoms with Gasteiger partial charge in [0, 0.05) is 33.4 Å². The summed E-state index contributed by atoms with van der Waals surface area (Å²) in [6.45, 7) is 0. The topological polar surface area (TPSA) is 16.4 Å². The molecule has 0 bridgehead atoms. The van der Waals surface area contributed by atoms with Gasteiger partial charge in [-0.25, -0.2) is 0 Å². The fourth-order valence-electron chi connectivity index (χ4n) is 7.71. The van der Waals surface area contributed by atoms with Gasteiger partial charge in [-0.05, 0) is 97.9 Å². The quantitative estimate of drug-likeness (QED) is 0.165. The van der Waals surface area contributed by atoms with Crippen LogP contribution < -0.4 is 4.90 Å². The largest absolute Gasteiger partial charge is 0.455 e. The van der Waals surface area contributed by atoms with Gasteiger partial charge in [0.2, 0.25) is 0 Å². The number of rotatable bonds is 6. The Morgan fingerprint density at radius 1 is 0.327 bits per heavy atom. The number of benzene rings is 9. The molecule has 1 aromatic heterocycles. The number of anilines is 3. The molecule has 2 nitrogen and oxygen atoms in total. The third kappa shape index (κ3) is 5.12. The highest BCUT2D eigenvalue weighted by atomic mass is 16.3. The highest BCUT2D eigenvalue weighted by molar-refractivity contribution is 6.16. The van der Waals surface area contributed by atoms with E-state index in [0.29, 0.717) is 0 Å². The monoisotopic (exact) mass is 663 g/mol. The van der Waals surface area contributed by atoms with Crippen LogP contribution in [0.2, 0.25) is 0 Å². The van der Waals surface area contributed by atoms with Crippen molar-refractivity contribution in [3.05, 3.63) is 200 Å².